The van der Waals surface area contributed by atoms with E-state index in [1.54, 1.807) is 0 Å². The van der Waals surface area contributed by atoms with Gasteiger partial charge in [0.1, 0.15) is 12.1 Å². The first-order valence-electron chi connectivity index (χ1n) is 9.03. The number of halogens is 1. The molecule has 1 aliphatic heterocycles. The summed E-state index contributed by atoms with van der Waals surface area (Å²) in [5, 5.41) is 4.15. The molecule has 6 nitrogen and oxygen atoms in total. The lowest BCUT2D eigenvalue weighted by atomic mass is 10.1. The number of benzene rings is 1. The molecule has 1 fully saturated rings. The monoisotopic (exact) mass is 413 g/mol. The number of likely N-dealkylation sites (tertiary alicyclic amines) is 1. The minimum atomic E-state index is -0.144. The normalized spacial score (nSPS) is 17.2. The minimum absolute atomic E-state index is 0.134. The highest BCUT2D eigenvalue weighted by atomic mass is 35.5. The Bertz CT molecular complexity index is 1030. The molecule has 3 heterocycles. The first-order chi connectivity index (χ1) is 13.6. The molecule has 1 aliphatic rings. The number of hydrogen-bond acceptors (Lipinski definition) is 6. The number of aromatic nitrogens is 2. The molecule has 0 saturated carbocycles. The summed E-state index contributed by atoms with van der Waals surface area (Å²) in [6, 6.07) is 9.58. The van der Waals surface area contributed by atoms with Crippen molar-refractivity contribution in [3.05, 3.63) is 57.5 Å². The van der Waals surface area contributed by atoms with Crippen LogP contribution in [0.25, 0.3) is 17.0 Å². The number of amides is 1. The fraction of sp³-hybridized carbons (Fsp3) is 0.250. The molecule has 0 aliphatic carbocycles. The van der Waals surface area contributed by atoms with Crippen molar-refractivity contribution in [2.24, 2.45) is 0 Å². The highest BCUT2D eigenvalue weighted by molar-refractivity contribution is 7.16. The number of anilines is 1. The summed E-state index contributed by atoms with van der Waals surface area (Å²) in [5.41, 5.74) is 7.70. The molecular formula is C20H20ClN5OS. The van der Waals surface area contributed by atoms with E-state index in [-0.39, 0.29) is 11.9 Å². The van der Waals surface area contributed by atoms with E-state index in [9.17, 15) is 4.79 Å². The Kier molecular flexibility index (Phi) is 5.57. The molecule has 0 radical (unpaired) electrons. The van der Waals surface area contributed by atoms with Crippen LogP contribution in [-0.2, 0) is 11.3 Å². The Morgan fingerprint density at radius 3 is 3.04 bits per heavy atom. The van der Waals surface area contributed by atoms with Crippen LogP contribution in [0, 0.1) is 0 Å². The van der Waals surface area contributed by atoms with Gasteiger partial charge < -0.3 is 16.0 Å². The number of nitrogen functional groups attached to an aromatic ring is 1. The Labute approximate surface area is 172 Å². The Balaban J connectivity index is 1.33. The van der Waals surface area contributed by atoms with Crippen LogP contribution in [0.2, 0.25) is 4.34 Å². The van der Waals surface area contributed by atoms with E-state index in [0.717, 1.165) is 38.6 Å². The zero-order valence-corrected chi connectivity index (χ0v) is 16.7. The first-order valence-corrected chi connectivity index (χ1v) is 10.2. The lowest BCUT2D eigenvalue weighted by Crippen LogP contribution is -2.38. The van der Waals surface area contributed by atoms with Crippen LogP contribution in [0.1, 0.15) is 16.9 Å². The summed E-state index contributed by atoms with van der Waals surface area (Å²) in [5.74, 6) is 0.603. The zero-order chi connectivity index (χ0) is 19.5. The summed E-state index contributed by atoms with van der Waals surface area (Å²) >= 11 is 7.46. The van der Waals surface area contributed by atoms with Crippen molar-refractivity contribution in [1.29, 1.82) is 0 Å². The van der Waals surface area contributed by atoms with Crippen LogP contribution >= 0.6 is 22.9 Å². The number of rotatable bonds is 6. The number of nitrogens with two attached hydrogens (primary N) is 1. The molecule has 0 spiro atoms. The maximum Gasteiger partial charge on any atom is 0.240 e. The maximum atomic E-state index is 12.7. The number of hydrogen-bond donors (Lipinski definition) is 2. The van der Waals surface area contributed by atoms with Crippen LogP contribution in [0.5, 0.6) is 0 Å². The molecule has 3 aromatic rings. The van der Waals surface area contributed by atoms with Crippen molar-refractivity contribution in [3.8, 4) is 0 Å². The molecule has 1 atom stereocenters. The number of nitrogens with zero attached hydrogens (tertiary/aromatic N) is 3. The summed E-state index contributed by atoms with van der Waals surface area (Å²) in [6.45, 7) is 1.96. The third kappa shape index (κ3) is 4.16. The second-order valence-corrected chi connectivity index (χ2v) is 8.41. The number of thiophene rings is 1. The van der Waals surface area contributed by atoms with Gasteiger partial charge in [-0.05, 0) is 42.3 Å². The summed E-state index contributed by atoms with van der Waals surface area (Å²) < 4.78 is 0.775. The third-order valence-electron chi connectivity index (χ3n) is 4.76. The fourth-order valence-corrected chi connectivity index (χ4v) is 4.32. The fourth-order valence-electron chi connectivity index (χ4n) is 3.33. The lowest BCUT2D eigenvalue weighted by Gasteiger charge is -2.17. The molecule has 1 saturated heterocycles. The van der Waals surface area contributed by atoms with Gasteiger partial charge in [0.05, 0.1) is 15.9 Å². The molecule has 0 bridgehead atoms. The molecule has 2 aromatic heterocycles. The number of fused-ring (bicyclic) bond motifs is 1. The van der Waals surface area contributed by atoms with E-state index in [4.69, 9.17) is 17.3 Å². The average molecular weight is 414 g/mol. The van der Waals surface area contributed by atoms with Gasteiger partial charge in [-0.3, -0.25) is 4.79 Å². The van der Waals surface area contributed by atoms with E-state index in [0.29, 0.717) is 18.9 Å². The van der Waals surface area contributed by atoms with Gasteiger partial charge >= 0.3 is 0 Å². The van der Waals surface area contributed by atoms with Crippen molar-refractivity contribution in [1.82, 2.24) is 20.2 Å². The Morgan fingerprint density at radius 2 is 2.21 bits per heavy atom. The first kappa shape index (κ1) is 18.9. The molecule has 4 rings (SSSR count). The van der Waals surface area contributed by atoms with Gasteiger partial charge in [0.25, 0.3) is 0 Å². The molecule has 28 heavy (non-hydrogen) atoms. The lowest BCUT2D eigenvalue weighted by molar-refractivity contribution is -0.129. The van der Waals surface area contributed by atoms with Crippen LogP contribution in [0.3, 0.4) is 0 Å². The Morgan fingerprint density at radius 1 is 1.32 bits per heavy atom. The van der Waals surface area contributed by atoms with E-state index < -0.39 is 0 Å². The SMILES string of the molecule is Nc1ncnc2cc(CN3CC[C@H](NCC=Cc4ccc(Cl)s4)C3=O)ccc12. The topological polar surface area (TPSA) is 84.1 Å². The van der Waals surface area contributed by atoms with Crippen molar-refractivity contribution in [2.75, 3.05) is 18.8 Å². The van der Waals surface area contributed by atoms with Gasteiger partial charge in [-0.1, -0.05) is 23.7 Å². The van der Waals surface area contributed by atoms with Crippen molar-refractivity contribution < 1.29 is 4.79 Å². The summed E-state index contributed by atoms with van der Waals surface area (Å²) in [7, 11) is 0. The van der Waals surface area contributed by atoms with Gasteiger partial charge in [0.2, 0.25) is 5.91 Å². The molecule has 0 unspecified atom stereocenters. The highest BCUT2D eigenvalue weighted by Crippen LogP contribution is 2.23. The van der Waals surface area contributed by atoms with Gasteiger partial charge in [0, 0.05) is 29.9 Å². The maximum absolute atomic E-state index is 12.7. The van der Waals surface area contributed by atoms with E-state index >= 15 is 0 Å². The van der Waals surface area contributed by atoms with Crippen molar-refractivity contribution in [2.45, 2.75) is 19.0 Å². The number of carbonyl (C=O) groups is 1. The molecule has 3 N–H and O–H groups in total. The molecule has 1 aromatic carbocycles. The van der Waals surface area contributed by atoms with Crippen LogP contribution in [0.15, 0.2) is 42.7 Å². The molecule has 1 amide bonds. The molecule has 8 heteroatoms. The predicted molar refractivity (Wildman–Crippen MR) is 114 cm³/mol. The Hall–Kier alpha value is -2.48. The van der Waals surface area contributed by atoms with Crippen LogP contribution in [-0.4, -0.2) is 39.9 Å². The van der Waals surface area contributed by atoms with Gasteiger partial charge in [-0.2, -0.15) is 0 Å². The number of carbonyl (C=O) groups excluding carboxylic acids is 1. The zero-order valence-electron chi connectivity index (χ0n) is 15.1. The average Bonchev–Trinajstić information content (AvgIpc) is 3.25. The second-order valence-electron chi connectivity index (χ2n) is 6.66. The quantitative estimate of drug-likeness (QED) is 0.647. The predicted octanol–water partition coefficient (Wildman–Crippen LogP) is 3.33. The van der Waals surface area contributed by atoms with E-state index in [2.05, 4.69) is 15.3 Å². The van der Waals surface area contributed by atoms with Crippen LogP contribution < -0.4 is 11.1 Å². The van der Waals surface area contributed by atoms with Crippen LogP contribution in [0.4, 0.5) is 5.82 Å². The molecule has 144 valence electrons. The summed E-state index contributed by atoms with van der Waals surface area (Å²) in [4.78, 5) is 23.9. The minimum Gasteiger partial charge on any atom is -0.383 e. The van der Waals surface area contributed by atoms with Gasteiger partial charge in [0.15, 0.2) is 0 Å². The summed E-state index contributed by atoms with van der Waals surface area (Å²) in [6.07, 6.45) is 6.30. The van der Waals surface area contributed by atoms with E-state index in [1.807, 2.05) is 47.4 Å². The van der Waals surface area contributed by atoms with Crippen molar-refractivity contribution >= 4 is 51.6 Å². The van der Waals surface area contributed by atoms with Gasteiger partial charge in [-0.25, -0.2) is 9.97 Å². The second kappa shape index (κ2) is 8.26. The standard InChI is InChI=1S/C20H20ClN5OS/c21-18-6-4-14(28-18)2-1-8-23-16-7-9-26(20(16)27)11-13-3-5-15-17(10-13)24-12-25-19(15)22/h1-6,10,12,16,23H,7-9,11H2,(H2,22,24,25)/t16-/m0/s1. The highest BCUT2D eigenvalue weighted by Gasteiger charge is 2.30. The molecular weight excluding hydrogens is 394 g/mol. The number of nitrogens with one attached hydrogen (secondary N) is 1. The smallest absolute Gasteiger partial charge is 0.240 e. The van der Waals surface area contributed by atoms with Gasteiger partial charge in [-0.15, -0.1) is 11.3 Å². The van der Waals surface area contributed by atoms with E-state index in [1.165, 1.54) is 17.7 Å². The van der Waals surface area contributed by atoms with Crippen molar-refractivity contribution in [3.63, 3.8) is 0 Å². The largest absolute Gasteiger partial charge is 0.383 e. The third-order valence-corrected chi connectivity index (χ3v) is 5.96.